The smallest absolute Gasteiger partial charge is 0.333 e. The number of carboxylic acid groups (broad SMARTS) is 1. The molecule has 0 aliphatic carbocycles. The van der Waals surface area contributed by atoms with E-state index in [0.29, 0.717) is 6.42 Å². The van der Waals surface area contributed by atoms with Crippen molar-refractivity contribution in [2.75, 3.05) is 25.2 Å². The van der Waals surface area contributed by atoms with Gasteiger partial charge in [-0.15, -0.1) is 0 Å². The van der Waals surface area contributed by atoms with Gasteiger partial charge in [0.15, 0.2) is 6.10 Å². The van der Waals surface area contributed by atoms with E-state index in [4.69, 9.17) is 14.0 Å². The van der Waals surface area contributed by atoms with Crippen LogP contribution in [0.25, 0.3) is 10.9 Å². The topological polar surface area (TPSA) is 72.7 Å². The van der Waals surface area contributed by atoms with Crippen molar-refractivity contribution in [3.8, 4) is 5.75 Å². The molecule has 1 unspecified atom stereocenters. The van der Waals surface area contributed by atoms with Crippen molar-refractivity contribution in [1.82, 2.24) is 4.57 Å². The lowest BCUT2D eigenvalue weighted by Gasteiger charge is -2.12. The molecule has 29 heavy (non-hydrogen) atoms. The molecule has 0 aliphatic rings. The maximum Gasteiger partial charge on any atom is 0.333 e. The second-order valence-electron chi connectivity index (χ2n) is 6.72. The van der Waals surface area contributed by atoms with Gasteiger partial charge in [-0.25, -0.2) is 4.79 Å². The number of aryl methyl sites for hydroxylation is 1. The number of ether oxygens (including phenoxy) is 1. The molecular formula is C22H26N2O4S. The summed E-state index contributed by atoms with van der Waals surface area (Å²) in [5, 5.41) is 13.7. The molecule has 0 spiro atoms. The van der Waals surface area contributed by atoms with Gasteiger partial charge in [-0.05, 0) is 48.4 Å². The SMILES string of the molecule is COC(Cc1ccc(NCCCn2ccc3cc(OSC)ccc32)cc1)C(=O)O. The van der Waals surface area contributed by atoms with Gasteiger partial charge in [-0.2, -0.15) is 0 Å². The molecule has 7 heteroatoms. The van der Waals surface area contributed by atoms with Gasteiger partial charge < -0.3 is 23.9 Å². The molecule has 2 aromatic carbocycles. The van der Waals surface area contributed by atoms with Gasteiger partial charge in [0.2, 0.25) is 0 Å². The van der Waals surface area contributed by atoms with Crippen LogP contribution in [0.5, 0.6) is 5.75 Å². The van der Waals surface area contributed by atoms with Crippen LogP contribution in [0.3, 0.4) is 0 Å². The molecule has 0 saturated heterocycles. The number of nitrogens with one attached hydrogen (secondary N) is 1. The number of rotatable bonds is 11. The molecule has 0 amide bonds. The zero-order valence-corrected chi connectivity index (χ0v) is 17.4. The molecule has 0 bridgehead atoms. The molecule has 0 saturated carbocycles. The molecule has 154 valence electrons. The summed E-state index contributed by atoms with van der Waals surface area (Å²) in [7, 11) is 1.42. The molecular weight excluding hydrogens is 388 g/mol. The van der Waals surface area contributed by atoms with E-state index in [1.54, 1.807) is 0 Å². The summed E-state index contributed by atoms with van der Waals surface area (Å²) in [5.74, 6) is -0.0757. The number of aromatic nitrogens is 1. The van der Waals surface area contributed by atoms with Crippen LogP contribution in [0.4, 0.5) is 5.69 Å². The Kier molecular flexibility index (Phi) is 7.43. The molecule has 1 heterocycles. The van der Waals surface area contributed by atoms with Crippen molar-refractivity contribution in [2.45, 2.75) is 25.5 Å². The molecule has 6 nitrogen and oxygen atoms in total. The highest BCUT2D eigenvalue weighted by atomic mass is 32.2. The van der Waals surface area contributed by atoms with E-state index in [1.165, 1.54) is 30.1 Å². The van der Waals surface area contributed by atoms with E-state index >= 15 is 0 Å². The summed E-state index contributed by atoms with van der Waals surface area (Å²) in [5.41, 5.74) is 3.16. The number of fused-ring (bicyclic) bond motifs is 1. The Balaban J connectivity index is 1.48. The first-order valence-corrected chi connectivity index (χ1v) is 10.6. The van der Waals surface area contributed by atoms with Crippen LogP contribution in [-0.4, -0.2) is 41.7 Å². The molecule has 0 fully saturated rings. The third-order valence-electron chi connectivity index (χ3n) is 4.76. The Morgan fingerprint density at radius 1 is 1.21 bits per heavy atom. The van der Waals surface area contributed by atoms with Gasteiger partial charge in [-0.3, -0.25) is 0 Å². The van der Waals surface area contributed by atoms with Crippen LogP contribution in [-0.2, 0) is 22.5 Å². The van der Waals surface area contributed by atoms with Gasteiger partial charge in [0.25, 0.3) is 0 Å². The molecule has 0 radical (unpaired) electrons. The number of aliphatic carboxylic acids is 1. The lowest BCUT2D eigenvalue weighted by molar-refractivity contribution is -0.148. The fourth-order valence-corrected chi connectivity index (χ4v) is 3.54. The number of nitrogens with zero attached hydrogens (tertiary/aromatic N) is 1. The van der Waals surface area contributed by atoms with Gasteiger partial charge >= 0.3 is 5.97 Å². The maximum atomic E-state index is 11.1. The van der Waals surface area contributed by atoms with Crippen molar-refractivity contribution < 1.29 is 18.8 Å². The summed E-state index contributed by atoms with van der Waals surface area (Å²) in [4.78, 5) is 11.1. The second kappa shape index (κ2) is 10.2. The fourth-order valence-electron chi connectivity index (χ4n) is 3.25. The first-order valence-electron chi connectivity index (χ1n) is 9.48. The summed E-state index contributed by atoms with van der Waals surface area (Å²) in [6.45, 7) is 1.77. The minimum Gasteiger partial charge on any atom is -0.479 e. The zero-order chi connectivity index (χ0) is 20.6. The van der Waals surface area contributed by atoms with Gasteiger partial charge in [0, 0.05) is 55.7 Å². The van der Waals surface area contributed by atoms with Crippen LogP contribution < -0.4 is 9.50 Å². The minimum absolute atomic E-state index is 0.358. The van der Waals surface area contributed by atoms with Gasteiger partial charge in [0.05, 0.1) is 12.0 Å². The van der Waals surface area contributed by atoms with E-state index in [0.717, 1.165) is 36.5 Å². The number of hydrogen-bond donors (Lipinski definition) is 2. The lowest BCUT2D eigenvalue weighted by atomic mass is 10.1. The van der Waals surface area contributed by atoms with E-state index in [2.05, 4.69) is 34.3 Å². The quantitative estimate of drug-likeness (QED) is 0.357. The summed E-state index contributed by atoms with van der Waals surface area (Å²) < 4.78 is 12.7. The third kappa shape index (κ3) is 5.68. The molecule has 0 aliphatic heterocycles. The normalized spacial score (nSPS) is 12.1. The fraction of sp³-hybridized carbons (Fsp3) is 0.318. The van der Waals surface area contributed by atoms with Crippen LogP contribution in [0.1, 0.15) is 12.0 Å². The summed E-state index contributed by atoms with van der Waals surface area (Å²) in [6.07, 6.45) is 4.54. The molecule has 1 aromatic heterocycles. The Morgan fingerprint density at radius 2 is 2.00 bits per heavy atom. The molecule has 1 atom stereocenters. The highest BCUT2D eigenvalue weighted by Gasteiger charge is 2.16. The highest BCUT2D eigenvalue weighted by molar-refractivity contribution is 7.94. The zero-order valence-electron chi connectivity index (χ0n) is 16.6. The van der Waals surface area contributed by atoms with Gasteiger partial charge in [0.1, 0.15) is 5.75 Å². The maximum absolute atomic E-state index is 11.1. The average Bonchev–Trinajstić information content (AvgIpc) is 3.12. The van der Waals surface area contributed by atoms with E-state index in [1.807, 2.05) is 36.6 Å². The number of benzene rings is 2. The minimum atomic E-state index is -0.944. The Bertz CT molecular complexity index is 940. The standard InChI is InChI=1S/C22H26N2O4S/c1-27-21(22(25)26)14-16-4-6-18(7-5-16)23-11-3-12-24-13-10-17-15-19(28-29-2)8-9-20(17)24/h4-10,13,15,21,23H,3,11-12,14H2,1-2H3,(H,25,26). The van der Waals surface area contributed by atoms with Crippen LogP contribution in [0.2, 0.25) is 0 Å². The number of carboxylic acids is 1. The van der Waals surface area contributed by atoms with Crippen LogP contribution in [0, 0.1) is 0 Å². The molecule has 3 aromatic rings. The Labute approximate surface area is 175 Å². The molecule has 3 rings (SSSR count). The number of anilines is 1. The van der Waals surface area contributed by atoms with Crippen molar-refractivity contribution >= 4 is 34.6 Å². The molecule has 2 N–H and O–H groups in total. The Morgan fingerprint density at radius 3 is 2.69 bits per heavy atom. The second-order valence-corrected chi connectivity index (χ2v) is 7.22. The van der Waals surface area contributed by atoms with Crippen molar-refractivity contribution in [3.05, 3.63) is 60.3 Å². The van der Waals surface area contributed by atoms with Crippen LogP contribution >= 0.6 is 12.0 Å². The highest BCUT2D eigenvalue weighted by Crippen LogP contribution is 2.24. The van der Waals surface area contributed by atoms with Crippen molar-refractivity contribution in [1.29, 1.82) is 0 Å². The predicted molar refractivity (Wildman–Crippen MR) is 118 cm³/mol. The van der Waals surface area contributed by atoms with E-state index in [9.17, 15) is 4.79 Å². The van der Waals surface area contributed by atoms with Crippen LogP contribution in [0.15, 0.2) is 54.7 Å². The lowest BCUT2D eigenvalue weighted by Crippen LogP contribution is -2.24. The average molecular weight is 415 g/mol. The van der Waals surface area contributed by atoms with Crippen molar-refractivity contribution in [3.63, 3.8) is 0 Å². The third-order valence-corrected chi connectivity index (χ3v) is 5.12. The number of methoxy groups -OCH3 is 1. The van der Waals surface area contributed by atoms with E-state index < -0.39 is 12.1 Å². The van der Waals surface area contributed by atoms with Gasteiger partial charge in [-0.1, -0.05) is 12.1 Å². The number of hydrogen-bond acceptors (Lipinski definition) is 5. The Hall–Kier alpha value is -2.64. The summed E-state index contributed by atoms with van der Waals surface area (Å²) >= 11 is 1.34. The number of carbonyl (C=O) groups is 1. The first-order chi connectivity index (χ1) is 14.1. The van der Waals surface area contributed by atoms with Crippen molar-refractivity contribution in [2.24, 2.45) is 0 Å². The monoisotopic (exact) mass is 414 g/mol. The summed E-state index contributed by atoms with van der Waals surface area (Å²) in [6, 6.07) is 16.1. The predicted octanol–water partition coefficient (Wildman–Crippen LogP) is 4.44. The largest absolute Gasteiger partial charge is 0.479 e. The van der Waals surface area contributed by atoms with E-state index in [-0.39, 0.29) is 0 Å². The first kappa shape index (κ1) is 21.1.